The van der Waals surface area contributed by atoms with E-state index >= 15 is 0 Å². The molecule has 4 aromatic rings. The Labute approximate surface area is 179 Å². The van der Waals surface area contributed by atoms with E-state index < -0.39 is 0 Å². The average Bonchev–Trinajstić information content (AvgIpc) is 2.81. The van der Waals surface area contributed by atoms with Gasteiger partial charge in [-0.05, 0) is 59.9 Å². The zero-order valence-corrected chi connectivity index (χ0v) is 17.1. The molecule has 0 saturated carbocycles. The van der Waals surface area contributed by atoms with E-state index in [4.69, 9.17) is 14.5 Å². The fraction of sp³-hybridized carbons (Fsp3) is 0.160. The first-order chi connectivity index (χ1) is 15.2. The van der Waals surface area contributed by atoms with Gasteiger partial charge in [-0.3, -0.25) is 9.78 Å². The third-order valence-electron chi connectivity index (χ3n) is 5.42. The molecule has 31 heavy (non-hydrogen) atoms. The Balaban J connectivity index is 1.65. The normalized spacial score (nSPS) is 13.0. The lowest BCUT2D eigenvalue weighted by molar-refractivity contribution is 0.0511. The number of nitrogens with one attached hydrogen (secondary N) is 1. The molecule has 6 nitrogen and oxygen atoms in total. The Kier molecular flexibility index (Phi) is 5.06. The number of hydrogen-bond acceptors (Lipinski definition) is 5. The predicted molar refractivity (Wildman–Crippen MR) is 119 cm³/mol. The lowest BCUT2D eigenvalue weighted by Gasteiger charge is -2.14. The van der Waals surface area contributed by atoms with Crippen LogP contribution in [0.1, 0.15) is 21.6 Å². The number of anilines is 1. The molecule has 0 fully saturated rings. The Morgan fingerprint density at radius 2 is 1.97 bits per heavy atom. The third-order valence-corrected chi connectivity index (χ3v) is 5.42. The summed E-state index contributed by atoms with van der Waals surface area (Å²) in [5.74, 6) is 0.452. The molecule has 2 aromatic heterocycles. The second-order valence-electron chi connectivity index (χ2n) is 7.48. The van der Waals surface area contributed by atoms with Gasteiger partial charge in [0.25, 0.3) is 5.91 Å². The number of aryl methyl sites for hydroxylation is 2. The highest BCUT2D eigenvalue weighted by atomic mass is 16.7. The maximum atomic E-state index is 13.0. The van der Waals surface area contributed by atoms with Crippen LogP contribution in [0.2, 0.25) is 0 Å². The van der Waals surface area contributed by atoms with Crippen LogP contribution in [0.3, 0.4) is 0 Å². The van der Waals surface area contributed by atoms with Gasteiger partial charge in [-0.25, -0.2) is 4.98 Å². The second kappa shape index (κ2) is 8.16. The number of rotatable bonds is 3. The Bertz CT molecular complexity index is 1290. The molecule has 0 radical (unpaired) electrons. The highest BCUT2D eigenvalue weighted by molar-refractivity contribution is 6.05. The van der Waals surface area contributed by atoms with Gasteiger partial charge in [0.15, 0.2) is 6.79 Å². The van der Waals surface area contributed by atoms with Gasteiger partial charge >= 0.3 is 0 Å². The van der Waals surface area contributed by atoms with E-state index in [0.717, 1.165) is 46.1 Å². The van der Waals surface area contributed by atoms with Crippen molar-refractivity contribution in [1.29, 1.82) is 0 Å². The van der Waals surface area contributed by atoms with Gasteiger partial charge in [0.2, 0.25) is 0 Å². The van der Waals surface area contributed by atoms with Gasteiger partial charge in [0.05, 0.1) is 5.52 Å². The van der Waals surface area contributed by atoms with E-state index in [9.17, 15) is 4.79 Å². The Morgan fingerprint density at radius 3 is 2.87 bits per heavy atom. The largest absolute Gasteiger partial charge is 0.468 e. The molecule has 0 spiro atoms. The summed E-state index contributed by atoms with van der Waals surface area (Å²) in [6, 6.07) is 17.7. The van der Waals surface area contributed by atoms with Crippen molar-refractivity contribution in [2.45, 2.75) is 12.8 Å². The van der Waals surface area contributed by atoms with Crippen molar-refractivity contribution in [3.05, 3.63) is 83.8 Å². The van der Waals surface area contributed by atoms with Gasteiger partial charge in [0, 0.05) is 36.1 Å². The van der Waals surface area contributed by atoms with Crippen LogP contribution in [0.4, 0.5) is 5.69 Å². The van der Waals surface area contributed by atoms with Crippen LogP contribution in [-0.4, -0.2) is 29.8 Å². The summed E-state index contributed by atoms with van der Waals surface area (Å²) in [7, 11) is 1.58. The molecule has 1 amide bonds. The Morgan fingerprint density at radius 1 is 1.03 bits per heavy atom. The first-order valence-electron chi connectivity index (χ1n) is 10.1. The molecule has 3 heterocycles. The summed E-state index contributed by atoms with van der Waals surface area (Å²) in [5, 5.41) is 3.93. The quantitative estimate of drug-likeness (QED) is 0.498. The van der Waals surface area contributed by atoms with Crippen molar-refractivity contribution >= 4 is 22.5 Å². The van der Waals surface area contributed by atoms with Crippen LogP contribution in [0.25, 0.3) is 22.0 Å². The molecule has 1 aliphatic rings. The highest BCUT2D eigenvalue weighted by Crippen LogP contribution is 2.30. The minimum atomic E-state index is -0.248. The number of carbonyl (C=O) groups is 1. The highest BCUT2D eigenvalue weighted by Gasteiger charge is 2.16. The molecule has 2 aromatic carbocycles. The zero-order chi connectivity index (χ0) is 21.2. The summed E-state index contributed by atoms with van der Waals surface area (Å²) >= 11 is 0. The van der Waals surface area contributed by atoms with Crippen molar-refractivity contribution in [1.82, 2.24) is 9.97 Å². The zero-order valence-electron chi connectivity index (χ0n) is 17.1. The van der Waals surface area contributed by atoms with Crippen molar-refractivity contribution in [3.63, 3.8) is 0 Å². The van der Waals surface area contributed by atoms with Gasteiger partial charge in [-0.15, -0.1) is 0 Å². The number of aromatic nitrogens is 2. The van der Waals surface area contributed by atoms with E-state index in [2.05, 4.69) is 34.6 Å². The average molecular weight is 411 g/mol. The smallest absolute Gasteiger partial charge is 0.274 e. The topological polar surface area (TPSA) is 73.3 Å². The molecule has 5 rings (SSSR count). The van der Waals surface area contributed by atoms with Gasteiger partial charge in [-0.1, -0.05) is 24.3 Å². The summed E-state index contributed by atoms with van der Waals surface area (Å²) in [5.41, 5.74) is 6.03. The number of amides is 1. The molecular formula is C25H21N3O3. The third kappa shape index (κ3) is 3.85. The molecule has 1 aliphatic heterocycles. The number of pyridine rings is 2. The molecule has 0 aliphatic carbocycles. The van der Waals surface area contributed by atoms with Gasteiger partial charge < -0.3 is 14.8 Å². The van der Waals surface area contributed by atoms with E-state index in [-0.39, 0.29) is 12.7 Å². The molecular weight excluding hydrogens is 390 g/mol. The molecule has 1 N–H and O–H groups in total. The van der Waals surface area contributed by atoms with Gasteiger partial charge in [-0.2, -0.15) is 0 Å². The van der Waals surface area contributed by atoms with Crippen molar-refractivity contribution in [3.8, 4) is 16.9 Å². The van der Waals surface area contributed by atoms with E-state index in [0.29, 0.717) is 11.4 Å². The van der Waals surface area contributed by atoms with Crippen LogP contribution >= 0.6 is 0 Å². The van der Waals surface area contributed by atoms with Crippen LogP contribution in [0, 0.1) is 0 Å². The molecule has 0 unspecified atom stereocenters. The lowest BCUT2D eigenvalue weighted by atomic mass is 9.98. The minimum Gasteiger partial charge on any atom is -0.468 e. The summed E-state index contributed by atoms with van der Waals surface area (Å²) in [6.45, 7) is 0.170. The van der Waals surface area contributed by atoms with Gasteiger partial charge in [0.1, 0.15) is 11.4 Å². The summed E-state index contributed by atoms with van der Waals surface area (Å²) in [4.78, 5) is 22.1. The Hall–Kier alpha value is -3.77. The molecule has 0 atom stereocenters. The number of methoxy groups -OCH3 is 1. The number of nitrogens with zero attached hydrogens (tertiary/aromatic N) is 2. The maximum absolute atomic E-state index is 13.0. The number of hydrogen-bond donors (Lipinski definition) is 1. The summed E-state index contributed by atoms with van der Waals surface area (Å²) in [6.07, 6.45) is 5.14. The van der Waals surface area contributed by atoms with Crippen LogP contribution in [-0.2, 0) is 17.6 Å². The lowest BCUT2D eigenvalue weighted by Crippen LogP contribution is -2.15. The number of ether oxygens (including phenoxy) is 2. The molecule has 4 bridgehead atoms. The first-order valence-corrected chi connectivity index (χ1v) is 10.1. The molecule has 0 saturated heterocycles. The second-order valence-corrected chi connectivity index (χ2v) is 7.48. The first kappa shape index (κ1) is 19.2. The molecule has 6 heteroatoms. The van der Waals surface area contributed by atoms with E-state index in [1.807, 2.05) is 30.5 Å². The number of benzene rings is 2. The number of fused-ring (bicyclic) bond motifs is 5. The molecule has 154 valence electrons. The SMILES string of the molecule is COCOc1ccc2c(c1)CCc1cccc(c1)-c1cncc3ccc(nc13)C(=O)N2. The van der Waals surface area contributed by atoms with Crippen LogP contribution < -0.4 is 10.1 Å². The maximum Gasteiger partial charge on any atom is 0.274 e. The van der Waals surface area contributed by atoms with Crippen molar-refractivity contribution < 1.29 is 14.3 Å². The van der Waals surface area contributed by atoms with E-state index in [1.54, 1.807) is 19.4 Å². The van der Waals surface area contributed by atoms with Crippen molar-refractivity contribution in [2.24, 2.45) is 0 Å². The van der Waals surface area contributed by atoms with Crippen molar-refractivity contribution in [2.75, 3.05) is 19.2 Å². The monoisotopic (exact) mass is 411 g/mol. The number of carbonyl (C=O) groups excluding carboxylic acids is 1. The standard InChI is InChI=1S/C25H21N3O3/c1-30-15-31-20-8-10-22-18(12-20)6-5-16-3-2-4-17(11-16)21-14-26-13-19-7-9-23(25(29)28-22)27-24(19)21/h2-4,7-14H,5-6,15H2,1H3,(H,28,29). The fourth-order valence-corrected chi connectivity index (χ4v) is 3.86. The van der Waals surface area contributed by atoms with Crippen LogP contribution in [0.15, 0.2) is 67.0 Å². The van der Waals surface area contributed by atoms with E-state index in [1.165, 1.54) is 5.56 Å². The van der Waals surface area contributed by atoms with Crippen LogP contribution in [0.5, 0.6) is 5.75 Å². The predicted octanol–water partition coefficient (Wildman–Crippen LogP) is 4.63. The fourth-order valence-electron chi connectivity index (χ4n) is 3.86. The minimum absolute atomic E-state index is 0.170. The summed E-state index contributed by atoms with van der Waals surface area (Å²) < 4.78 is 10.6.